The highest BCUT2D eigenvalue weighted by Gasteiger charge is 2.27. The molecular weight excluding hydrogens is 257 g/mol. The number of nitrogens with one attached hydrogen (secondary N) is 1. The predicted molar refractivity (Wildman–Crippen MR) is 79.0 cm³/mol. The summed E-state index contributed by atoms with van der Waals surface area (Å²) in [7, 11) is 0. The van der Waals surface area contributed by atoms with Crippen LogP contribution in [0, 0.1) is 11.7 Å². The van der Waals surface area contributed by atoms with Crippen LogP contribution in [0.3, 0.4) is 0 Å². The van der Waals surface area contributed by atoms with Gasteiger partial charge in [0.1, 0.15) is 5.82 Å². The van der Waals surface area contributed by atoms with Crippen LogP contribution < -0.4 is 5.32 Å². The van der Waals surface area contributed by atoms with Crippen LogP contribution in [0.25, 0.3) is 0 Å². The molecule has 19 heavy (non-hydrogen) atoms. The van der Waals surface area contributed by atoms with Gasteiger partial charge >= 0.3 is 0 Å². The third kappa shape index (κ3) is 2.98. The Bertz CT molecular complexity index is 517. The van der Waals surface area contributed by atoms with Gasteiger partial charge in [0.15, 0.2) is 0 Å². The highest BCUT2D eigenvalue weighted by Crippen LogP contribution is 2.39. The Morgan fingerprint density at radius 3 is 2.68 bits per heavy atom. The minimum atomic E-state index is -0.179. The van der Waals surface area contributed by atoms with E-state index in [1.165, 1.54) is 36.6 Å². The summed E-state index contributed by atoms with van der Waals surface area (Å²) in [6, 6.07) is 11.4. The van der Waals surface area contributed by atoms with E-state index in [1.54, 1.807) is 23.5 Å². The molecule has 0 bridgehead atoms. The fourth-order valence-corrected chi connectivity index (χ4v) is 3.81. The molecule has 3 rings (SSSR count). The van der Waals surface area contributed by atoms with Gasteiger partial charge in [-0.25, -0.2) is 4.39 Å². The third-order valence-electron chi connectivity index (χ3n) is 3.87. The van der Waals surface area contributed by atoms with Gasteiger partial charge < -0.3 is 5.32 Å². The molecule has 1 heterocycles. The molecule has 0 spiro atoms. The van der Waals surface area contributed by atoms with Crippen LogP contribution in [0.4, 0.5) is 10.1 Å². The number of rotatable bonds is 4. The van der Waals surface area contributed by atoms with Crippen molar-refractivity contribution in [3.8, 4) is 0 Å². The first-order valence-corrected chi connectivity index (χ1v) is 7.76. The van der Waals surface area contributed by atoms with Crippen LogP contribution in [0.1, 0.15) is 36.6 Å². The van der Waals surface area contributed by atoms with Crippen molar-refractivity contribution in [1.82, 2.24) is 0 Å². The molecule has 1 nitrogen and oxygen atoms in total. The summed E-state index contributed by atoms with van der Waals surface area (Å²) >= 11 is 1.79. The number of hydrogen-bond donors (Lipinski definition) is 1. The molecule has 1 atom stereocenters. The van der Waals surface area contributed by atoms with Crippen molar-refractivity contribution in [3.05, 3.63) is 52.5 Å². The third-order valence-corrected chi connectivity index (χ3v) is 4.82. The van der Waals surface area contributed by atoms with Crippen molar-refractivity contribution < 1.29 is 4.39 Å². The summed E-state index contributed by atoms with van der Waals surface area (Å²) in [5, 5.41) is 5.65. The zero-order valence-electron chi connectivity index (χ0n) is 10.8. The first-order valence-electron chi connectivity index (χ1n) is 6.88. The number of anilines is 1. The average Bonchev–Trinajstić information content (AvgIpc) is 3.10. The number of halogens is 1. The topological polar surface area (TPSA) is 12.0 Å². The highest BCUT2D eigenvalue weighted by atomic mass is 32.1. The lowest BCUT2D eigenvalue weighted by Crippen LogP contribution is -2.18. The van der Waals surface area contributed by atoms with E-state index in [0.717, 1.165) is 5.69 Å². The Labute approximate surface area is 117 Å². The lowest BCUT2D eigenvalue weighted by molar-refractivity contribution is 0.475. The summed E-state index contributed by atoms with van der Waals surface area (Å²) in [6.45, 7) is 0. The van der Waals surface area contributed by atoms with E-state index >= 15 is 0 Å². The normalized spacial score (nSPS) is 17.5. The van der Waals surface area contributed by atoms with Crippen LogP contribution in [-0.4, -0.2) is 0 Å². The summed E-state index contributed by atoms with van der Waals surface area (Å²) < 4.78 is 13.3. The minimum absolute atomic E-state index is 0.179. The first-order chi connectivity index (χ1) is 9.33. The molecule has 0 saturated heterocycles. The molecule has 1 fully saturated rings. The molecule has 1 unspecified atom stereocenters. The SMILES string of the molecule is Fc1cccc(NC(c2cccs2)C2CCCC2)c1. The largest absolute Gasteiger partial charge is 0.377 e. The molecule has 2 aromatic rings. The van der Waals surface area contributed by atoms with Gasteiger partial charge in [-0.2, -0.15) is 0 Å². The van der Waals surface area contributed by atoms with E-state index in [-0.39, 0.29) is 5.82 Å². The van der Waals surface area contributed by atoms with Crippen LogP contribution in [-0.2, 0) is 0 Å². The summed E-state index contributed by atoms with van der Waals surface area (Å²) in [4.78, 5) is 1.36. The van der Waals surface area contributed by atoms with Crippen molar-refractivity contribution in [2.75, 3.05) is 5.32 Å². The van der Waals surface area contributed by atoms with E-state index in [9.17, 15) is 4.39 Å². The van der Waals surface area contributed by atoms with Gasteiger partial charge in [0.2, 0.25) is 0 Å². The van der Waals surface area contributed by atoms with Crippen molar-refractivity contribution in [2.45, 2.75) is 31.7 Å². The molecule has 0 radical (unpaired) electrons. The van der Waals surface area contributed by atoms with Crippen LogP contribution in [0.15, 0.2) is 41.8 Å². The van der Waals surface area contributed by atoms with Crippen LogP contribution >= 0.6 is 11.3 Å². The molecule has 1 aromatic carbocycles. The molecular formula is C16H18FNS. The van der Waals surface area contributed by atoms with Crippen molar-refractivity contribution in [3.63, 3.8) is 0 Å². The molecule has 3 heteroatoms. The highest BCUT2D eigenvalue weighted by molar-refractivity contribution is 7.10. The summed E-state index contributed by atoms with van der Waals surface area (Å²) in [5.74, 6) is 0.489. The second kappa shape index (κ2) is 5.74. The Morgan fingerprint density at radius 2 is 2.00 bits per heavy atom. The van der Waals surface area contributed by atoms with Gasteiger partial charge in [-0.3, -0.25) is 0 Å². The molecule has 100 valence electrons. The zero-order chi connectivity index (χ0) is 13.1. The van der Waals surface area contributed by atoms with E-state index in [2.05, 4.69) is 22.8 Å². The fraction of sp³-hybridized carbons (Fsp3) is 0.375. The maximum Gasteiger partial charge on any atom is 0.125 e. The van der Waals surface area contributed by atoms with Gasteiger partial charge in [-0.1, -0.05) is 25.0 Å². The molecule has 1 aliphatic rings. The van der Waals surface area contributed by atoms with Crippen molar-refractivity contribution in [1.29, 1.82) is 0 Å². The van der Waals surface area contributed by atoms with Gasteiger partial charge in [0.05, 0.1) is 6.04 Å². The minimum Gasteiger partial charge on any atom is -0.377 e. The lowest BCUT2D eigenvalue weighted by Gasteiger charge is -2.25. The molecule has 0 aliphatic heterocycles. The lowest BCUT2D eigenvalue weighted by atomic mass is 9.96. The van der Waals surface area contributed by atoms with Crippen molar-refractivity contribution in [2.24, 2.45) is 5.92 Å². The average molecular weight is 275 g/mol. The van der Waals surface area contributed by atoms with Crippen LogP contribution in [0.5, 0.6) is 0 Å². The molecule has 1 N–H and O–H groups in total. The standard InChI is InChI=1S/C16H18FNS/c17-13-7-3-8-14(11-13)18-16(12-5-1-2-6-12)15-9-4-10-19-15/h3-4,7-12,16,18H,1-2,5-6H2. The summed E-state index contributed by atoms with van der Waals surface area (Å²) in [6.07, 6.45) is 5.17. The second-order valence-corrected chi connectivity index (χ2v) is 6.17. The number of thiophene rings is 1. The maximum atomic E-state index is 13.3. The van der Waals surface area contributed by atoms with E-state index in [1.807, 2.05) is 6.07 Å². The Kier molecular flexibility index (Phi) is 3.83. The molecule has 0 amide bonds. The van der Waals surface area contributed by atoms with E-state index in [0.29, 0.717) is 12.0 Å². The van der Waals surface area contributed by atoms with E-state index < -0.39 is 0 Å². The molecule has 1 saturated carbocycles. The van der Waals surface area contributed by atoms with Gasteiger partial charge in [0.25, 0.3) is 0 Å². The Balaban J connectivity index is 1.83. The fourth-order valence-electron chi connectivity index (χ4n) is 2.94. The van der Waals surface area contributed by atoms with Gasteiger partial charge in [-0.15, -0.1) is 11.3 Å². The second-order valence-electron chi connectivity index (χ2n) is 5.19. The first kappa shape index (κ1) is 12.7. The van der Waals surface area contributed by atoms with Crippen LogP contribution in [0.2, 0.25) is 0 Å². The summed E-state index contributed by atoms with van der Waals surface area (Å²) in [5.41, 5.74) is 0.880. The molecule has 1 aromatic heterocycles. The van der Waals surface area contributed by atoms with Crippen molar-refractivity contribution >= 4 is 17.0 Å². The molecule has 1 aliphatic carbocycles. The Hall–Kier alpha value is -1.35. The number of benzene rings is 1. The number of hydrogen-bond acceptors (Lipinski definition) is 2. The predicted octanol–water partition coefficient (Wildman–Crippen LogP) is 5.23. The maximum absolute atomic E-state index is 13.3. The van der Waals surface area contributed by atoms with Gasteiger partial charge in [-0.05, 0) is 48.4 Å². The smallest absolute Gasteiger partial charge is 0.125 e. The van der Waals surface area contributed by atoms with E-state index in [4.69, 9.17) is 0 Å². The van der Waals surface area contributed by atoms with Gasteiger partial charge in [0, 0.05) is 10.6 Å². The monoisotopic (exact) mass is 275 g/mol. The zero-order valence-corrected chi connectivity index (χ0v) is 11.6. The Morgan fingerprint density at radius 1 is 1.16 bits per heavy atom. The quantitative estimate of drug-likeness (QED) is 0.805.